The van der Waals surface area contributed by atoms with Crippen LogP contribution in [0.5, 0.6) is 5.75 Å². The molecule has 2 aromatic carbocycles. The fourth-order valence-electron chi connectivity index (χ4n) is 3.29. The maximum absolute atomic E-state index is 12.6. The number of nitrogens with one attached hydrogen (secondary N) is 1. The smallest absolute Gasteiger partial charge is 0.296 e. The van der Waals surface area contributed by atoms with Gasteiger partial charge in [-0.15, -0.1) is 0 Å². The zero-order chi connectivity index (χ0) is 20.1. The molecule has 1 fully saturated rings. The van der Waals surface area contributed by atoms with Crippen molar-refractivity contribution < 1.29 is 19.2 Å². The molecule has 28 heavy (non-hydrogen) atoms. The molecule has 0 aliphatic carbocycles. The molecule has 0 unspecified atom stereocenters. The highest BCUT2D eigenvalue weighted by Gasteiger charge is 2.27. The summed E-state index contributed by atoms with van der Waals surface area (Å²) in [6.45, 7) is 1.40. The van der Waals surface area contributed by atoms with E-state index in [0.717, 1.165) is 12.0 Å². The van der Waals surface area contributed by atoms with E-state index in [1.54, 1.807) is 18.2 Å². The summed E-state index contributed by atoms with van der Waals surface area (Å²) in [6, 6.07) is 11.7. The predicted octanol–water partition coefficient (Wildman–Crippen LogP) is 3.27. The second kappa shape index (κ2) is 8.51. The van der Waals surface area contributed by atoms with Crippen LogP contribution in [-0.2, 0) is 4.79 Å². The largest absolute Gasteiger partial charge is 0.496 e. The monoisotopic (exact) mass is 383 g/mol. The van der Waals surface area contributed by atoms with Gasteiger partial charge < -0.3 is 15.0 Å². The van der Waals surface area contributed by atoms with Gasteiger partial charge in [-0.2, -0.15) is 0 Å². The Kier molecular flexibility index (Phi) is 5.88. The number of nitro groups is 1. The van der Waals surface area contributed by atoms with Crippen LogP contribution in [0.3, 0.4) is 0 Å². The molecule has 0 spiro atoms. The molecule has 8 nitrogen and oxygen atoms in total. The topological polar surface area (TPSA) is 102 Å². The van der Waals surface area contributed by atoms with Crippen LogP contribution in [0.1, 0.15) is 23.2 Å². The molecule has 0 radical (unpaired) electrons. The number of carbonyl (C=O) groups is 2. The van der Waals surface area contributed by atoms with E-state index in [9.17, 15) is 19.7 Å². The van der Waals surface area contributed by atoms with Crippen molar-refractivity contribution in [1.29, 1.82) is 0 Å². The number of piperidine rings is 1. The second-order valence-electron chi connectivity index (χ2n) is 6.60. The van der Waals surface area contributed by atoms with Crippen LogP contribution >= 0.6 is 0 Å². The highest BCUT2D eigenvalue weighted by Crippen LogP contribution is 2.30. The minimum atomic E-state index is -0.538. The molecule has 2 aromatic rings. The number of benzene rings is 2. The van der Waals surface area contributed by atoms with E-state index in [-0.39, 0.29) is 23.2 Å². The number of rotatable bonds is 6. The van der Waals surface area contributed by atoms with Gasteiger partial charge in [0.1, 0.15) is 17.7 Å². The van der Waals surface area contributed by atoms with Crippen molar-refractivity contribution >= 4 is 29.3 Å². The van der Waals surface area contributed by atoms with Crippen molar-refractivity contribution in [1.82, 2.24) is 0 Å². The van der Waals surface area contributed by atoms with Gasteiger partial charge in [-0.3, -0.25) is 19.7 Å². The maximum atomic E-state index is 12.6. The van der Waals surface area contributed by atoms with Gasteiger partial charge in [-0.05, 0) is 49.2 Å². The summed E-state index contributed by atoms with van der Waals surface area (Å²) in [5.74, 6) is -0.0740. The highest BCUT2D eigenvalue weighted by atomic mass is 16.6. The average Bonchev–Trinajstić information content (AvgIpc) is 2.74. The lowest BCUT2D eigenvalue weighted by Gasteiger charge is -2.33. The number of aldehydes is 1. The van der Waals surface area contributed by atoms with E-state index in [0.29, 0.717) is 37.2 Å². The molecule has 0 aromatic heterocycles. The molecular formula is C20H21N3O5. The van der Waals surface area contributed by atoms with Crippen molar-refractivity contribution in [3.63, 3.8) is 0 Å². The molecule has 146 valence electrons. The van der Waals surface area contributed by atoms with Gasteiger partial charge in [0, 0.05) is 30.3 Å². The zero-order valence-corrected chi connectivity index (χ0v) is 15.5. The molecule has 0 bridgehead atoms. The Labute approximate surface area is 162 Å². The number of anilines is 2. The van der Waals surface area contributed by atoms with E-state index in [4.69, 9.17) is 4.74 Å². The third-order valence-corrected chi connectivity index (χ3v) is 4.92. The molecule has 0 saturated carbocycles. The summed E-state index contributed by atoms with van der Waals surface area (Å²) >= 11 is 0. The van der Waals surface area contributed by atoms with Crippen molar-refractivity contribution in [2.75, 3.05) is 30.4 Å². The fraction of sp³-hybridized carbons (Fsp3) is 0.300. The summed E-state index contributed by atoms with van der Waals surface area (Å²) in [6.07, 6.45) is 2.09. The van der Waals surface area contributed by atoms with Crippen LogP contribution in [0.4, 0.5) is 17.1 Å². The van der Waals surface area contributed by atoms with Crippen molar-refractivity contribution in [2.24, 2.45) is 5.92 Å². The number of ether oxygens (including phenoxy) is 1. The van der Waals surface area contributed by atoms with E-state index in [1.165, 1.54) is 19.2 Å². The van der Waals surface area contributed by atoms with Gasteiger partial charge in [-0.1, -0.05) is 0 Å². The molecule has 3 rings (SSSR count). The van der Waals surface area contributed by atoms with E-state index >= 15 is 0 Å². The van der Waals surface area contributed by atoms with Crippen molar-refractivity contribution in [3.8, 4) is 5.75 Å². The number of hydrogen-bond acceptors (Lipinski definition) is 6. The van der Waals surface area contributed by atoms with Crippen LogP contribution < -0.4 is 15.0 Å². The number of nitro benzene ring substituents is 1. The van der Waals surface area contributed by atoms with Crippen LogP contribution in [0.25, 0.3) is 0 Å². The lowest BCUT2D eigenvalue weighted by atomic mass is 9.95. The Hall–Kier alpha value is -3.42. The molecule has 8 heteroatoms. The quantitative estimate of drug-likeness (QED) is 0.467. The van der Waals surface area contributed by atoms with Crippen LogP contribution in [0.15, 0.2) is 42.5 Å². The summed E-state index contributed by atoms with van der Waals surface area (Å²) in [5.41, 5.74) is 1.61. The Morgan fingerprint density at radius 2 is 1.89 bits per heavy atom. The van der Waals surface area contributed by atoms with E-state index < -0.39 is 4.92 Å². The number of nitrogens with zero attached hydrogens (tertiary/aromatic N) is 2. The third-order valence-electron chi connectivity index (χ3n) is 4.92. The maximum Gasteiger partial charge on any atom is 0.296 e. The number of carbonyl (C=O) groups excluding carboxylic acids is 2. The van der Waals surface area contributed by atoms with Gasteiger partial charge in [-0.25, -0.2) is 0 Å². The summed E-state index contributed by atoms with van der Waals surface area (Å²) < 4.78 is 5.01. The number of methoxy groups -OCH3 is 1. The van der Waals surface area contributed by atoms with Gasteiger partial charge in [0.2, 0.25) is 5.91 Å². The van der Waals surface area contributed by atoms with Gasteiger partial charge in [0.25, 0.3) is 5.69 Å². The molecule has 1 N–H and O–H groups in total. The Balaban J connectivity index is 1.62. The first-order chi connectivity index (χ1) is 13.5. The minimum absolute atomic E-state index is 0.169. The molecule has 1 aliphatic rings. The molecule has 1 aliphatic heterocycles. The number of hydrogen-bond donors (Lipinski definition) is 1. The molecular weight excluding hydrogens is 362 g/mol. The Morgan fingerprint density at radius 1 is 1.21 bits per heavy atom. The molecule has 1 heterocycles. The predicted molar refractivity (Wildman–Crippen MR) is 105 cm³/mol. The molecule has 0 atom stereocenters. The summed E-state index contributed by atoms with van der Waals surface area (Å²) in [4.78, 5) is 36.2. The average molecular weight is 383 g/mol. The van der Waals surface area contributed by atoms with Crippen LogP contribution in [-0.4, -0.2) is 37.3 Å². The third kappa shape index (κ3) is 4.28. The van der Waals surface area contributed by atoms with Crippen LogP contribution in [0, 0.1) is 16.0 Å². The first kappa shape index (κ1) is 19.3. The van der Waals surface area contributed by atoms with E-state index in [1.807, 2.05) is 12.1 Å². The Morgan fingerprint density at radius 3 is 2.46 bits per heavy atom. The lowest BCUT2D eigenvalue weighted by Crippen LogP contribution is -2.38. The van der Waals surface area contributed by atoms with Crippen molar-refractivity contribution in [2.45, 2.75) is 12.8 Å². The highest BCUT2D eigenvalue weighted by molar-refractivity contribution is 5.95. The van der Waals surface area contributed by atoms with Gasteiger partial charge in [0.05, 0.1) is 18.1 Å². The Bertz CT molecular complexity index is 874. The van der Waals surface area contributed by atoms with Crippen LogP contribution in [0.2, 0.25) is 0 Å². The fourth-order valence-corrected chi connectivity index (χ4v) is 3.29. The van der Waals surface area contributed by atoms with E-state index in [2.05, 4.69) is 10.2 Å². The first-order valence-electron chi connectivity index (χ1n) is 8.95. The normalized spacial score (nSPS) is 14.4. The summed E-state index contributed by atoms with van der Waals surface area (Å²) in [5, 5.41) is 14.0. The molecule has 1 amide bonds. The second-order valence-corrected chi connectivity index (χ2v) is 6.60. The zero-order valence-electron chi connectivity index (χ0n) is 15.5. The first-order valence-corrected chi connectivity index (χ1v) is 8.95. The number of amides is 1. The summed E-state index contributed by atoms with van der Waals surface area (Å²) in [7, 11) is 1.43. The van der Waals surface area contributed by atoms with Crippen molar-refractivity contribution in [3.05, 3.63) is 58.1 Å². The van der Waals surface area contributed by atoms with Gasteiger partial charge in [0.15, 0.2) is 0 Å². The van der Waals surface area contributed by atoms with Gasteiger partial charge >= 0.3 is 0 Å². The minimum Gasteiger partial charge on any atom is -0.496 e. The standard InChI is InChI=1S/C20H21N3O5/c1-28-17-6-7-18(19(12-17)23(26)27)21-20(25)15-8-10-22(11-9-15)16-4-2-14(13-24)3-5-16/h2-7,12-13,15H,8-11H2,1H3,(H,21,25). The molecule has 1 saturated heterocycles. The SMILES string of the molecule is COc1ccc(NC(=O)C2CCN(c3ccc(C=O)cc3)CC2)c([N+](=O)[O-])c1. The lowest BCUT2D eigenvalue weighted by molar-refractivity contribution is -0.384.